The van der Waals surface area contributed by atoms with Gasteiger partial charge in [0, 0.05) is 12.6 Å². The topological polar surface area (TPSA) is 62.2 Å². The van der Waals surface area contributed by atoms with E-state index in [2.05, 4.69) is 44.7 Å². The molecule has 0 saturated carbocycles. The van der Waals surface area contributed by atoms with Gasteiger partial charge in [0.05, 0.1) is 10.1 Å². The first-order chi connectivity index (χ1) is 16.9. The maximum Gasteiger partial charge on any atom is 0.140 e. The van der Waals surface area contributed by atoms with E-state index in [0.717, 1.165) is 40.6 Å². The number of phenolic OH excluding ortho intramolecular Hbond substituents is 2. The van der Waals surface area contributed by atoms with E-state index >= 15 is 0 Å². The van der Waals surface area contributed by atoms with Crippen molar-refractivity contribution >= 4 is 11.8 Å². The fourth-order valence-corrected chi connectivity index (χ4v) is 5.66. The van der Waals surface area contributed by atoms with E-state index in [4.69, 9.17) is 9.47 Å². The number of likely N-dealkylation sites (N-methyl/N-ethyl adjacent to an activating group) is 1. The Bertz CT molecular complexity index is 1100. The number of ether oxygens (including phenoxy) is 2. The third-order valence-corrected chi connectivity index (χ3v) is 8.08. The van der Waals surface area contributed by atoms with Gasteiger partial charge in [-0.1, -0.05) is 45.0 Å². The molecule has 0 aliphatic carbocycles. The average molecular weight is 494 g/mol. The molecule has 0 spiro atoms. The molecule has 3 aromatic carbocycles. The van der Waals surface area contributed by atoms with Crippen LogP contribution >= 0.6 is 11.8 Å². The number of hydrogen-bond acceptors (Lipinski definition) is 6. The van der Waals surface area contributed by atoms with Crippen LogP contribution in [-0.2, 0) is 0 Å². The number of rotatable bonds is 9. The Morgan fingerprint density at radius 2 is 1.57 bits per heavy atom. The minimum atomic E-state index is -0.224. The van der Waals surface area contributed by atoms with Crippen LogP contribution in [0, 0.1) is 5.92 Å². The summed E-state index contributed by atoms with van der Waals surface area (Å²) >= 11 is 1.66. The van der Waals surface area contributed by atoms with E-state index in [1.165, 1.54) is 0 Å². The van der Waals surface area contributed by atoms with Gasteiger partial charge in [-0.2, -0.15) is 0 Å². The van der Waals surface area contributed by atoms with E-state index in [1.54, 1.807) is 36.0 Å². The SMILES string of the molecule is CCN(CCOc1ccc([C@@H]2Oc3ccc(O)cc3S[C@@H]2c2ccc(O)cc2)cc1)[C@H](C)C(C)C. The molecule has 6 heteroatoms. The van der Waals surface area contributed by atoms with E-state index in [-0.39, 0.29) is 22.9 Å². The zero-order valence-electron chi connectivity index (χ0n) is 20.8. The minimum absolute atomic E-state index is 0.0349. The predicted molar refractivity (Wildman–Crippen MR) is 142 cm³/mol. The number of nitrogens with zero attached hydrogens (tertiary/aromatic N) is 1. The van der Waals surface area contributed by atoms with Crippen molar-refractivity contribution in [3.8, 4) is 23.0 Å². The maximum absolute atomic E-state index is 9.95. The molecule has 186 valence electrons. The van der Waals surface area contributed by atoms with Crippen LogP contribution in [0.5, 0.6) is 23.0 Å². The van der Waals surface area contributed by atoms with Gasteiger partial charge in [-0.3, -0.25) is 4.90 Å². The molecule has 0 saturated heterocycles. The highest BCUT2D eigenvalue weighted by Gasteiger charge is 2.33. The quantitative estimate of drug-likeness (QED) is 0.341. The predicted octanol–water partition coefficient (Wildman–Crippen LogP) is 6.81. The van der Waals surface area contributed by atoms with Gasteiger partial charge < -0.3 is 19.7 Å². The monoisotopic (exact) mass is 493 g/mol. The summed E-state index contributed by atoms with van der Waals surface area (Å²) in [5.41, 5.74) is 2.09. The second-order valence-corrected chi connectivity index (χ2v) is 10.5. The molecule has 0 amide bonds. The second kappa shape index (κ2) is 11.3. The van der Waals surface area contributed by atoms with Crippen molar-refractivity contribution in [3.05, 3.63) is 77.9 Å². The largest absolute Gasteiger partial charge is 0.508 e. The van der Waals surface area contributed by atoms with E-state index in [0.29, 0.717) is 18.6 Å². The Balaban J connectivity index is 1.49. The van der Waals surface area contributed by atoms with Crippen LogP contribution in [0.15, 0.2) is 71.6 Å². The molecule has 4 rings (SSSR count). The summed E-state index contributed by atoms with van der Waals surface area (Å²) in [7, 11) is 0. The Hall–Kier alpha value is -2.83. The van der Waals surface area contributed by atoms with Crippen molar-refractivity contribution in [2.75, 3.05) is 19.7 Å². The molecule has 3 atom stereocenters. The number of benzene rings is 3. The van der Waals surface area contributed by atoms with Crippen molar-refractivity contribution in [1.29, 1.82) is 0 Å². The molecule has 0 radical (unpaired) electrons. The molecule has 0 unspecified atom stereocenters. The normalized spacial score (nSPS) is 18.2. The number of aromatic hydroxyl groups is 2. The van der Waals surface area contributed by atoms with Gasteiger partial charge in [-0.15, -0.1) is 11.8 Å². The Morgan fingerprint density at radius 3 is 2.23 bits per heavy atom. The number of hydrogen-bond donors (Lipinski definition) is 2. The van der Waals surface area contributed by atoms with Gasteiger partial charge in [0.15, 0.2) is 0 Å². The molecular formula is C29H35NO4S. The van der Waals surface area contributed by atoms with Crippen LogP contribution in [0.2, 0.25) is 0 Å². The minimum Gasteiger partial charge on any atom is -0.508 e. The van der Waals surface area contributed by atoms with Crippen LogP contribution in [-0.4, -0.2) is 40.9 Å². The molecule has 1 aliphatic rings. The highest BCUT2D eigenvalue weighted by molar-refractivity contribution is 7.99. The van der Waals surface area contributed by atoms with Crippen LogP contribution in [0.1, 0.15) is 50.2 Å². The van der Waals surface area contributed by atoms with Gasteiger partial charge in [-0.25, -0.2) is 0 Å². The smallest absolute Gasteiger partial charge is 0.140 e. The standard InChI is InChI=1S/C29H35NO4S/c1-5-30(20(4)19(2)3)16-17-33-25-13-8-21(9-14-25)28-29(22-6-10-23(31)11-7-22)35-27-18-24(32)12-15-26(27)34-28/h6-15,18-20,28-29,31-32H,5,16-17H2,1-4H3/t20-,28+,29-/m1/s1. The molecule has 0 aromatic heterocycles. The lowest BCUT2D eigenvalue weighted by atomic mass is 10.00. The van der Waals surface area contributed by atoms with Crippen LogP contribution in [0.25, 0.3) is 0 Å². The molecule has 35 heavy (non-hydrogen) atoms. The number of phenols is 2. The first-order valence-electron chi connectivity index (χ1n) is 12.3. The summed E-state index contributed by atoms with van der Waals surface area (Å²) < 4.78 is 12.5. The molecule has 1 aliphatic heterocycles. The Labute approximate surface area is 212 Å². The fraction of sp³-hybridized carbons (Fsp3) is 0.379. The molecule has 0 bridgehead atoms. The Kier molecular flexibility index (Phi) is 8.14. The van der Waals surface area contributed by atoms with Crippen LogP contribution in [0.4, 0.5) is 0 Å². The molecule has 2 N–H and O–H groups in total. The maximum atomic E-state index is 9.95. The summed E-state index contributed by atoms with van der Waals surface area (Å²) in [5.74, 6) is 2.66. The van der Waals surface area contributed by atoms with Crippen LogP contribution < -0.4 is 9.47 Å². The van der Waals surface area contributed by atoms with E-state index in [9.17, 15) is 10.2 Å². The molecule has 5 nitrogen and oxygen atoms in total. The zero-order valence-corrected chi connectivity index (χ0v) is 21.7. The third-order valence-electron chi connectivity index (χ3n) is 6.73. The summed E-state index contributed by atoms with van der Waals surface area (Å²) in [4.78, 5) is 3.35. The van der Waals surface area contributed by atoms with Crippen molar-refractivity contribution in [2.45, 2.75) is 50.0 Å². The van der Waals surface area contributed by atoms with Crippen LogP contribution in [0.3, 0.4) is 0 Å². The summed E-state index contributed by atoms with van der Waals surface area (Å²) in [5, 5.41) is 19.7. The lowest BCUT2D eigenvalue weighted by molar-refractivity contribution is 0.146. The lowest BCUT2D eigenvalue weighted by Crippen LogP contribution is -2.39. The molecule has 1 heterocycles. The molecule has 0 fully saturated rings. The molecular weight excluding hydrogens is 458 g/mol. The van der Waals surface area contributed by atoms with Gasteiger partial charge in [0.1, 0.15) is 35.7 Å². The third kappa shape index (κ3) is 6.06. The summed E-state index contributed by atoms with van der Waals surface area (Å²) in [6.07, 6.45) is -0.224. The highest BCUT2D eigenvalue weighted by atomic mass is 32.2. The van der Waals surface area contributed by atoms with Crippen molar-refractivity contribution in [2.24, 2.45) is 5.92 Å². The lowest BCUT2D eigenvalue weighted by Gasteiger charge is -2.34. The fourth-order valence-electron chi connectivity index (χ4n) is 4.34. The summed E-state index contributed by atoms with van der Waals surface area (Å²) in [6, 6.07) is 21.1. The Morgan fingerprint density at radius 1 is 0.914 bits per heavy atom. The first kappa shape index (κ1) is 25.3. The highest BCUT2D eigenvalue weighted by Crippen LogP contribution is 2.54. The summed E-state index contributed by atoms with van der Waals surface area (Å²) in [6.45, 7) is 11.5. The van der Waals surface area contributed by atoms with E-state index < -0.39 is 0 Å². The number of thioether (sulfide) groups is 1. The zero-order chi connectivity index (χ0) is 24.9. The van der Waals surface area contributed by atoms with E-state index in [1.807, 2.05) is 30.3 Å². The van der Waals surface area contributed by atoms with Crippen molar-refractivity contribution < 1.29 is 19.7 Å². The molecule has 3 aromatic rings. The number of fused-ring (bicyclic) bond motifs is 1. The van der Waals surface area contributed by atoms with Gasteiger partial charge in [0.25, 0.3) is 0 Å². The van der Waals surface area contributed by atoms with Crippen molar-refractivity contribution in [3.63, 3.8) is 0 Å². The van der Waals surface area contributed by atoms with Gasteiger partial charge in [0.2, 0.25) is 0 Å². The van der Waals surface area contributed by atoms with Gasteiger partial charge >= 0.3 is 0 Å². The van der Waals surface area contributed by atoms with Crippen molar-refractivity contribution in [1.82, 2.24) is 4.90 Å². The average Bonchev–Trinajstić information content (AvgIpc) is 2.86. The van der Waals surface area contributed by atoms with Gasteiger partial charge in [-0.05, 0) is 73.0 Å². The second-order valence-electron chi connectivity index (χ2n) is 9.33. The first-order valence-corrected chi connectivity index (χ1v) is 13.2.